The number of carbonyl (C=O) groups is 1. The predicted molar refractivity (Wildman–Crippen MR) is 73.3 cm³/mol. The number of ether oxygens (including phenoxy) is 1. The minimum absolute atomic E-state index is 0.199. The highest BCUT2D eigenvalue weighted by molar-refractivity contribution is 6.32. The van der Waals surface area contributed by atoms with Gasteiger partial charge in [-0.1, -0.05) is 6.07 Å². The zero-order chi connectivity index (χ0) is 13.0. The molecule has 1 fully saturated rings. The van der Waals surface area contributed by atoms with Crippen LogP contribution in [0.4, 0.5) is 5.69 Å². The van der Waals surface area contributed by atoms with Gasteiger partial charge in [0.1, 0.15) is 11.1 Å². The molecule has 0 aliphatic heterocycles. The molecule has 0 bridgehead atoms. The van der Waals surface area contributed by atoms with E-state index in [2.05, 4.69) is 5.32 Å². The number of halogens is 1. The smallest absolute Gasteiger partial charge is 0.242 e. The van der Waals surface area contributed by atoms with E-state index in [1.165, 1.54) is 12.8 Å². The molecule has 2 rings (SSSR count). The minimum Gasteiger partial charge on any atom is -0.490 e. The van der Waals surface area contributed by atoms with Crippen LogP contribution in [-0.2, 0) is 4.79 Å². The fourth-order valence-corrected chi connectivity index (χ4v) is 2.14. The van der Waals surface area contributed by atoms with E-state index in [1.54, 1.807) is 6.92 Å². The third-order valence-electron chi connectivity index (χ3n) is 3.07. The number of hydrogen-bond acceptors (Lipinski definition) is 2. The number of amides is 1. The van der Waals surface area contributed by atoms with Gasteiger partial charge in [-0.05, 0) is 44.7 Å². The Morgan fingerprint density at radius 3 is 2.83 bits per heavy atom. The van der Waals surface area contributed by atoms with Crippen LogP contribution >= 0.6 is 11.6 Å². The van der Waals surface area contributed by atoms with Crippen molar-refractivity contribution in [2.24, 2.45) is 0 Å². The van der Waals surface area contributed by atoms with E-state index >= 15 is 0 Å². The van der Waals surface area contributed by atoms with Crippen LogP contribution in [0.1, 0.15) is 32.6 Å². The molecule has 0 heterocycles. The van der Waals surface area contributed by atoms with E-state index in [9.17, 15) is 4.79 Å². The molecule has 0 saturated heterocycles. The topological polar surface area (TPSA) is 38.3 Å². The van der Waals surface area contributed by atoms with E-state index in [0.717, 1.165) is 24.3 Å². The monoisotopic (exact) mass is 267 g/mol. The highest BCUT2D eigenvalue weighted by Gasteiger charge is 2.16. The fraction of sp³-hybridized carbons (Fsp3) is 0.500. The number of nitrogens with one attached hydrogen (secondary N) is 1. The lowest BCUT2D eigenvalue weighted by Gasteiger charge is -2.14. The SMILES string of the molecule is CC(Cl)C(=O)Nc1cccc(OC2CCCC2)c1. The Hall–Kier alpha value is -1.22. The second-order valence-corrected chi connectivity index (χ2v) is 5.31. The van der Waals surface area contributed by atoms with Gasteiger partial charge in [0.15, 0.2) is 0 Å². The molecule has 0 spiro atoms. The Morgan fingerprint density at radius 2 is 2.17 bits per heavy atom. The van der Waals surface area contributed by atoms with Crippen LogP contribution in [-0.4, -0.2) is 17.4 Å². The minimum atomic E-state index is -0.538. The first-order valence-corrected chi connectivity index (χ1v) is 6.80. The summed E-state index contributed by atoms with van der Waals surface area (Å²) < 4.78 is 5.87. The maximum atomic E-state index is 11.5. The summed E-state index contributed by atoms with van der Waals surface area (Å²) >= 11 is 5.71. The number of alkyl halides is 1. The summed E-state index contributed by atoms with van der Waals surface area (Å²) in [4.78, 5) is 11.5. The van der Waals surface area contributed by atoms with Gasteiger partial charge in [-0.2, -0.15) is 0 Å². The maximum Gasteiger partial charge on any atom is 0.242 e. The molecular formula is C14H18ClNO2. The molecule has 0 radical (unpaired) electrons. The maximum absolute atomic E-state index is 11.5. The van der Waals surface area contributed by atoms with Crippen molar-refractivity contribution in [2.45, 2.75) is 44.1 Å². The molecule has 1 atom stereocenters. The van der Waals surface area contributed by atoms with Gasteiger partial charge in [-0.3, -0.25) is 4.79 Å². The third kappa shape index (κ3) is 3.64. The highest BCUT2D eigenvalue weighted by Crippen LogP contribution is 2.25. The molecule has 3 nitrogen and oxygen atoms in total. The van der Waals surface area contributed by atoms with Crippen molar-refractivity contribution in [3.63, 3.8) is 0 Å². The molecule has 18 heavy (non-hydrogen) atoms. The van der Waals surface area contributed by atoms with Gasteiger partial charge in [-0.15, -0.1) is 11.6 Å². The lowest BCUT2D eigenvalue weighted by atomic mass is 10.2. The van der Waals surface area contributed by atoms with Crippen molar-refractivity contribution < 1.29 is 9.53 Å². The summed E-state index contributed by atoms with van der Waals surface area (Å²) in [5.41, 5.74) is 0.725. The second kappa shape index (κ2) is 6.10. The number of rotatable bonds is 4. The molecule has 0 aromatic heterocycles. The standard InChI is InChI=1S/C14H18ClNO2/c1-10(15)14(17)16-11-5-4-8-13(9-11)18-12-6-2-3-7-12/h4-5,8-10,12H,2-3,6-7H2,1H3,(H,16,17). The van der Waals surface area contributed by atoms with Crippen LogP contribution in [0.5, 0.6) is 5.75 Å². The van der Waals surface area contributed by atoms with Crippen molar-refractivity contribution in [1.82, 2.24) is 0 Å². The molecule has 1 aromatic rings. The summed E-state index contributed by atoms with van der Waals surface area (Å²) in [6, 6.07) is 7.46. The van der Waals surface area contributed by atoms with Crippen molar-refractivity contribution >= 4 is 23.2 Å². The summed E-state index contributed by atoms with van der Waals surface area (Å²) in [6.45, 7) is 1.65. The number of hydrogen-bond donors (Lipinski definition) is 1. The summed E-state index contributed by atoms with van der Waals surface area (Å²) in [7, 11) is 0. The van der Waals surface area contributed by atoms with Crippen molar-refractivity contribution in [3.05, 3.63) is 24.3 Å². The molecule has 4 heteroatoms. The molecule has 1 aromatic carbocycles. The summed E-state index contributed by atoms with van der Waals surface area (Å²) in [6.07, 6.45) is 5.04. The quantitative estimate of drug-likeness (QED) is 0.847. The first-order valence-electron chi connectivity index (χ1n) is 6.37. The average molecular weight is 268 g/mol. The number of benzene rings is 1. The molecule has 1 aliphatic carbocycles. The number of anilines is 1. The Bertz CT molecular complexity index is 414. The van der Waals surface area contributed by atoms with Crippen molar-refractivity contribution in [2.75, 3.05) is 5.32 Å². The van der Waals surface area contributed by atoms with Gasteiger partial charge in [0.2, 0.25) is 5.91 Å². The first kappa shape index (κ1) is 13.2. The molecule has 1 aliphatic rings. The largest absolute Gasteiger partial charge is 0.490 e. The Balaban J connectivity index is 1.98. The lowest BCUT2D eigenvalue weighted by molar-refractivity contribution is -0.115. The van der Waals surface area contributed by atoms with E-state index in [0.29, 0.717) is 6.10 Å². The second-order valence-electron chi connectivity index (χ2n) is 4.66. The van der Waals surface area contributed by atoms with Crippen LogP contribution in [0.3, 0.4) is 0 Å². The van der Waals surface area contributed by atoms with Crippen LogP contribution in [0.2, 0.25) is 0 Å². The molecule has 98 valence electrons. The van der Waals surface area contributed by atoms with E-state index in [1.807, 2.05) is 24.3 Å². The Morgan fingerprint density at radius 1 is 1.44 bits per heavy atom. The molecule has 1 amide bonds. The normalized spacial score (nSPS) is 17.4. The van der Waals surface area contributed by atoms with E-state index in [-0.39, 0.29) is 5.91 Å². The van der Waals surface area contributed by atoms with E-state index < -0.39 is 5.38 Å². The highest BCUT2D eigenvalue weighted by atomic mass is 35.5. The van der Waals surface area contributed by atoms with Gasteiger partial charge in [0.25, 0.3) is 0 Å². The fourth-order valence-electron chi connectivity index (χ4n) is 2.09. The molecule has 1 unspecified atom stereocenters. The molecule has 1 N–H and O–H groups in total. The number of carbonyl (C=O) groups excluding carboxylic acids is 1. The van der Waals surface area contributed by atoms with Crippen molar-refractivity contribution in [1.29, 1.82) is 0 Å². The van der Waals surface area contributed by atoms with Crippen LogP contribution < -0.4 is 10.1 Å². The zero-order valence-corrected chi connectivity index (χ0v) is 11.2. The predicted octanol–water partition coefficient (Wildman–Crippen LogP) is 3.57. The van der Waals surface area contributed by atoms with Crippen LogP contribution in [0, 0.1) is 0 Å². The van der Waals surface area contributed by atoms with Gasteiger partial charge in [-0.25, -0.2) is 0 Å². The average Bonchev–Trinajstić information content (AvgIpc) is 2.82. The van der Waals surface area contributed by atoms with Gasteiger partial charge in [0.05, 0.1) is 6.10 Å². The summed E-state index contributed by atoms with van der Waals surface area (Å²) in [5.74, 6) is 0.608. The van der Waals surface area contributed by atoms with Crippen molar-refractivity contribution in [3.8, 4) is 5.75 Å². The third-order valence-corrected chi connectivity index (χ3v) is 3.27. The van der Waals surface area contributed by atoms with Gasteiger partial charge in [0, 0.05) is 11.8 Å². The van der Waals surface area contributed by atoms with Crippen LogP contribution in [0.15, 0.2) is 24.3 Å². The molecular weight excluding hydrogens is 250 g/mol. The summed E-state index contributed by atoms with van der Waals surface area (Å²) in [5, 5.41) is 2.22. The zero-order valence-electron chi connectivity index (χ0n) is 10.5. The Kier molecular flexibility index (Phi) is 4.48. The van der Waals surface area contributed by atoms with Crippen LogP contribution in [0.25, 0.3) is 0 Å². The molecule has 1 saturated carbocycles. The first-order chi connectivity index (χ1) is 8.65. The van der Waals surface area contributed by atoms with Gasteiger partial charge < -0.3 is 10.1 Å². The Labute approximate surface area is 112 Å². The van der Waals surface area contributed by atoms with E-state index in [4.69, 9.17) is 16.3 Å². The lowest BCUT2D eigenvalue weighted by Crippen LogP contribution is -2.20. The van der Waals surface area contributed by atoms with Gasteiger partial charge >= 0.3 is 0 Å².